The van der Waals surface area contributed by atoms with Gasteiger partial charge in [0.05, 0.1) is 17.2 Å². The Labute approximate surface area is 182 Å². The van der Waals surface area contributed by atoms with E-state index in [0.717, 1.165) is 5.56 Å². The predicted octanol–water partition coefficient (Wildman–Crippen LogP) is 3.33. The number of hydrogen-bond acceptors (Lipinski definition) is 5. The molecule has 2 N–H and O–H groups in total. The van der Waals surface area contributed by atoms with Crippen LogP contribution in [0.4, 0.5) is 11.4 Å². The van der Waals surface area contributed by atoms with Crippen molar-refractivity contribution in [3.8, 4) is 5.75 Å². The second-order valence-corrected chi connectivity index (χ2v) is 8.90. The molecule has 0 bridgehead atoms. The zero-order chi connectivity index (χ0) is 22.4. The minimum Gasteiger partial charge on any atom is -0.484 e. The first-order valence-corrected chi connectivity index (χ1v) is 11.0. The molecular weight excluding hydrogens is 416 g/mol. The molecule has 0 unspecified atom stereocenters. The Kier molecular flexibility index (Phi) is 6.94. The maximum Gasteiger partial charge on any atom is 0.264 e. The van der Waals surface area contributed by atoms with E-state index in [-0.39, 0.29) is 24.0 Å². The summed E-state index contributed by atoms with van der Waals surface area (Å²) in [5.41, 5.74) is 2.58. The third-order valence-corrected chi connectivity index (χ3v) is 6.51. The van der Waals surface area contributed by atoms with Crippen LogP contribution in [0.1, 0.15) is 11.1 Å². The van der Waals surface area contributed by atoms with Crippen molar-refractivity contribution in [1.29, 1.82) is 0 Å². The van der Waals surface area contributed by atoms with Gasteiger partial charge in [0.1, 0.15) is 5.75 Å². The average molecular weight is 441 g/mol. The van der Waals surface area contributed by atoms with Gasteiger partial charge in [0, 0.05) is 18.3 Å². The monoisotopic (exact) mass is 440 g/mol. The number of hydrogen-bond donors (Lipinski definition) is 2. The number of benzene rings is 3. The summed E-state index contributed by atoms with van der Waals surface area (Å²) in [6.07, 6.45) is 0. The van der Waals surface area contributed by atoms with Gasteiger partial charge in [0.25, 0.3) is 15.9 Å². The number of anilines is 2. The van der Waals surface area contributed by atoms with E-state index in [9.17, 15) is 18.3 Å². The number of aliphatic hydroxyl groups is 1. The summed E-state index contributed by atoms with van der Waals surface area (Å²) in [6.45, 7) is 1.49. The molecule has 0 aliphatic rings. The highest BCUT2D eigenvalue weighted by atomic mass is 32.2. The van der Waals surface area contributed by atoms with Gasteiger partial charge in [-0.1, -0.05) is 35.9 Å². The van der Waals surface area contributed by atoms with Crippen LogP contribution >= 0.6 is 0 Å². The fourth-order valence-electron chi connectivity index (χ4n) is 2.87. The molecule has 0 saturated carbocycles. The van der Waals surface area contributed by atoms with Gasteiger partial charge in [-0.3, -0.25) is 9.10 Å². The SMILES string of the molecule is Cc1ccc(S(=O)(=O)N(C)c2ccc(OCC(=O)Nc3ccccc3CO)cc2)cc1. The van der Waals surface area contributed by atoms with Gasteiger partial charge in [0.2, 0.25) is 0 Å². The fourth-order valence-corrected chi connectivity index (χ4v) is 4.07. The van der Waals surface area contributed by atoms with Gasteiger partial charge in [0.15, 0.2) is 6.61 Å². The molecule has 31 heavy (non-hydrogen) atoms. The van der Waals surface area contributed by atoms with Gasteiger partial charge in [-0.05, 0) is 49.4 Å². The van der Waals surface area contributed by atoms with E-state index in [1.165, 1.54) is 11.4 Å². The molecule has 0 aliphatic heterocycles. The molecule has 0 aromatic heterocycles. The molecule has 0 fully saturated rings. The largest absolute Gasteiger partial charge is 0.484 e. The minimum atomic E-state index is -3.68. The molecule has 8 heteroatoms. The fraction of sp³-hybridized carbons (Fsp3) is 0.174. The highest BCUT2D eigenvalue weighted by Crippen LogP contribution is 2.24. The number of nitrogens with zero attached hydrogens (tertiary/aromatic N) is 1. The predicted molar refractivity (Wildman–Crippen MR) is 120 cm³/mol. The number of rotatable bonds is 8. The second kappa shape index (κ2) is 9.63. The Hall–Kier alpha value is -3.36. The van der Waals surface area contributed by atoms with Crippen LogP contribution < -0.4 is 14.4 Å². The van der Waals surface area contributed by atoms with Crippen LogP contribution in [0.25, 0.3) is 0 Å². The molecule has 7 nitrogen and oxygen atoms in total. The van der Waals surface area contributed by atoms with Crippen LogP contribution in [0.2, 0.25) is 0 Å². The summed E-state index contributed by atoms with van der Waals surface area (Å²) in [5, 5.41) is 12.0. The van der Waals surface area contributed by atoms with Crippen LogP contribution in [0.15, 0.2) is 77.7 Å². The number of para-hydroxylation sites is 1. The number of carbonyl (C=O) groups is 1. The third-order valence-electron chi connectivity index (χ3n) is 4.71. The molecular formula is C23H24N2O5S. The lowest BCUT2D eigenvalue weighted by Gasteiger charge is -2.20. The van der Waals surface area contributed by atoms with E-state index < -0.39 is 10.0 Å². The summed E-state index contributed by atoms with van der Waals surface area (Å²) in [7, 11) is -2.20. The van der Waals surface area contributed by atoms with Gasteiger partial charge >= 0.3 is 0 Å². The molecule has 0 saturated heterocycles. The zero-order valence-electron chi connectivity index (χ0n) is 17.3. The van der Waals surface area contributed by atoms with E-state index in [4.69, 9.17) is 4.74 Å². The molecule has 0 spiro atoms. The molecule has 3 aromatic carbocycles. The average Bonchev–Trinajstić information content (AvgIpc) is 2.78. The third kappa shape index (κ3) is 5.42. The van der Waals surface area contributed by atoms with Crippen molar-refractivity contribution in [2.45, 2.75) is 18.4 Å². The number of nitrogens with one attached hydrogen (secondary N) is 1. The Morgan fingerprint density at radius 3 is 2.29 bits per heavy atom. The lowest BCUT2D eigenvalue weighted by molar-refractivity contribution is -0.118. The smallest absolute Gasteiger partial charge is 0.264 e. The van der Waals surface area contributed by atoms with Gasteiger partial charge in [-0.15, -0.1) is 0 Å². The van der Waals surface area contributed by atoms with Crippen molar-refractivity contribution >= 4 is 27.3 Å². The Morgan fingerprint density at radius 2 is 1.65 bits per heavy atom. The first-order valence-electron chi connectivity index (χ1n) is 9.58. The first-order chi connectivity index (χ1) is 14.8. The molecule has 3 rings (SSSR count). The van der Waals surface area contributed by atoms with Crippen LogP contribution in [0, 0.1) is 6.92 Å². The Bertz CT molecular complexity index is 1140. The number of sulfonamides is 1. The number of aryl methyl sites for hydroxylation is 1. The van der Waals surface area contributed by atoms with Gasteiger partial charge < -0.3 is 15.2 Å². The van der Waals surface area contributed by atoms with Gasteiger partial charge in [-0.2, -0.15) is 0 Å². The standard InChI is InChI=1S/C23H24N2O5S/c1-17-7-13-21(14-8-17)31(28,29)25(2)19-9-11-20(12-10-19)30-16-23(27)24-22-6-4-3-5-18(22)15-26/h3-14,26H,15-16H2,1-2H3,(H,24,27). The first kappa shape index (κ1) is 22.3. The van der Waals surface area contributed by atoms with E-state index in [1.807, 2.05) is 6.92 Å². The topological polar surface area (TPSA) is 95.9 Å². The van der Waals surface area contributed by atoms with Crippen LogP contribution in [0.3, 0.4) is 0 Å². The maximum atomic E-state index is 12.8. The van der Waals surface area contributed by atoms with Crippen molar-refractivity contribution < 1.29 is 23.1 Å². The van der Waals surface area contributed by atoms with Gasteiger partial charge in [-0.25, -0.2) is 8.42 Å². The van der Waals surface area contributed by atoms with Crippen molar-refractivity contribution in [2.75, 3.05) is 23.3 Å². The second-order valence-electron chi connectivity index (χ2n) is 6.93. The van der Waals surface area contributed by atoms with Crippen molar-refractivity contribution in [3.63, 3.8) is 0 Å². The quantitative estimate of drug-likeness (QED) is 0.560. The van der Waals surface area contributed by atoms with Crippen LogP contribution in [-0.4, -0.2) is 33.1 Å². The van der Waals surface area contributed by atoms with Crippen molar-refractivity contribution in [2.24, 2.45) is 0 Å². The summed E-state index contributed by atoms with van der Waals surface area (Å²) in [6, 6.07) is 20.0. The zero-order valence-corrected chi connectivity index (χ0v) is 18.1. The van der Waals surface area contributed by atoms with E-state index in [1.54, 1.807) is 72.8 Å². The van der Waals surface area contributed by atoms with Crippen LogP contribution in [0.5, 0.6) is 5.75 Å². The van der Waals surface area contributed by atoms with E-state index in [2.05, 4.69) is 5.32 Å². The summed E-state index contributed by atoms with van der Waals surface area (Å²) in [5.74, 6) is 0.0551. The molecule has 162 valence electrons. The maximum absolute atomic E-state index is 12.8. The summed E-state index contributed by atoms with van der Waals surface area (Å²) >= 11 is 0. The number of amides is 1. The minimum absolute atomic E-state index is 0.183. The molecule has 3 aromatic rings. The molecule has 0 aliphatic carbocycles. The Morgan fingerprint density at radius 1 is 1.00 bits per heavy atom. The molecule has 1 amide bonds. The molecule has 0 atom stereocenters. The number of aliphatic hydroxyl groups excluding tert-OH is 1. The highest BCUT2D eigenvalue weighted by Gasteiger charge is 2.21. The molecule has 0 radical (unpaired) electrons. The Balaban J connectivity index is 1.62. The normalized spacial score (nSPS) is 11.1. The molecule has 0 heterocycles. The van der Waals surface area contributed by atoms with Crippen molar-refractivity contribution in [3.05, 3.63) is 83.9 Å². The van der Waals surface area contributed by atoms with Crippen molar-refractivity contribution in [1.82, 2.24) is 0 Å². The lowest BCUT2D eigenvalue weighted by atomic mass is 10.2. The van der Waals surface area contributed by atoms with E-state index in [0.29, 0.717) is 22.7 Å². The highest BCUT2D eigenvalue weighted by molar-refractivity contribution is 7.92. The number of ether oxygens (including phenoxy) is 1. The van der Waals surface area contributed by atoms with E-state index >= 15 is 0 Å². The summed E-state index contributed by atoms with van der Waals surface area (Å²) < 4.78 is 32.3. The lowest BCUT2D eigenvalue weighted by Crippen LogP contribution is -2.26. The summed E-state index contributed by atoms with van der Waals surface area (Å²) in [4.78, 5) is 12.3. The number of carbonyl (C=O) groups excluding carboxylic acids is 1. The van der Waals surface area contributed by atoms with Crippen LogP contribution in [-0.2, 0) is 21.4 Å².